The Morgan fingerprint density at radius 2 is 1.48 bits per heavy atom. The van der Waals surface area contributed by atoms with E-state index in [0.29, 0.717) is 6.61 Å². The molecule has 0 saturated carbocycles. The van der Waals surface area contributed by atoms with E-state index in [9.17, 15) is 4.79 Å². The van der Waals surface area contributed by atoms with Crippen LogP contribution in [0, 0.1) is 13.8 Å². The summed E-state index contributed by atoms with van der Waals surface area (Å²) in [6, 6.07) is 11.1. The van der Waals surface area contributed by atoms with Gasteiger partial charge in [0.05, 0.1) is 6.61 Å². The van der Waals surface area contributed by atoms with Crippen LogP contribution in [-0.4, -0.2) is 12.6 Å². The maximum atomic E-state index is 11.7. The summed E-state index contributed by atoms with van der Waals surface area (Å²) < 4.78 is 4.99. The summed E-state index contributed by atoms with van der Waals surface area (Å²) in [4.78, 5) is 11.7. The van der Waals surface area contributed by atoms with Crippen LogP contribution >= 0.6 is 0 Å². The first-order chi connectivity index (χ1) is 13.5. The predicted molar refractivity (Wildman–Crippen MR) is 122 cm³/mol. The van der Waals surface area contributed by atoms with Crippen LogP contribution in [0.1, 0.15) is 62.4 Å². The second-order valence-electron chi connectivity index (χ2n) is 9.15. The molecule has 1 aliphatic rings. The number of esters is 1. The quantitative estimate of drug-likeness (QED) is 0.332. The van der Waals surface area contributed by atoms with Crippen LogP contribution in [0.15, 0.2) is 48.6 Å². The fourth-order valence-corrected chi connectivity index (χ4v) is 4.05. The SMILES string of the molecule is CCOC(=O)C=Cc1ccc(C)c(-c2cc3c(cc2C)C(C)(C)C=CC3(C)C)c1. The van der Waals surface area contributed by atoms with Crippen molar-refractivity contribution in [3.63, 3.8) is 0 Å². The van der Waals surface area contributed by atoms with E-state index in [0.717, 1.165) is 5.56 Å². The maximum Gasteiger partial charge on any atom is 0.330 e. The van der Waals surface area contributed by atoms with Crippen molar-refractivity contribution in [3.8, 4) is 11.1 Å². The largest absolute Gasteiger partial charge is 0.463 e. The Morgan fingerprint density at radius 1 is 0.897 bits per heavy atom. The maximum absolute atomic E-state index is 11.7. The molecular weight excluding hydrogens is 356 g/mol. The summed E-state index contributed by atoms with van der Waals surface area (Å²) >= 11 is 0. The van der Waals surface area contributed by atoms with Crippen LogP contribution in [0.3, 0.4) is 0 Å². The number of ether oxygens (including phenoxy) is 1. The van der Waals surface area contributed by atoms with Gasteiger partial charge < -0.3 is 4.74 Å². The molecule has 0 spiro atoms. The number of allylic oxidation sites excluding steroid dienone is 2. The molecule has 0 fully saturated rings. The van der Waals surface area contributed by atoms with Gasteiger partial charge in [0, 0.05) is 16.9 Å². The molecular formula is C27H32O2. The number of fused-ring (bicyclic) bond motifs is 1. The Hall–Kier alpha value is -2.61. The van der Waals surface area contributed by atoms with Gasteiger partial charge >= 0.3 is 5.97 Å². The van der Waals surface area contributed by atoms with E-state index >= 15 is 0 Å². The van der Waals surface area contributed by atoms with Crippen LogP contribution in [0.4, 0.5) is 0 Å². The highest BCUT2D eigenvalue weighted by Gasteiger charge is 2.33. The number of rotatable bonds is 4. The number of hydrogen-bond acceptors (Lipinski definition) is 2. The van der Waals surface area contributed by atoms with E-state index in [1.54, 1.807) is 0 Å². The van der Waals surface area contributed by atoms with Gasteiger partial charge in [0.2, 0.25) is 0 Å². The lowest BCUT2D eigenvalue weighted by molar-refractivity contribution is -0.137. The molecule has 29 heavy (non-hydrogen) atoms. The minimum atomic E-state index is -0.310. The van der Waals surface area contributed by atoms with Crippen LogP contribution in [-0.2, 0) is 20.4 Å². The molecule has 0 heterocycles. The van der Waals surface area contributed by atoms with Gasteiger partial charge in [-0.15, -0.1) is 0 Å². The zero-order valence-corrected chi connectivity index (χ0v) is 18.7. The summed E-state index contributed by atoms with van der Waals surface area (Å²) in [5.74, 6) is -0.310. The zero-order valence-electron chi connectivity index (χ0n) is 18.7. The highest BCUT2D eigenvalue weighted by atomic mass is 16.5. The topological polar surface area (TPSA) is 26.3 Å². The minimum Gasteiger partial charge on any atom is -0.463 e. The van der Waals surface area contributed by atoms with Crippen molar-refractivity contribution < 1.29 is 9.53 Å². The normalized spacial score (nSPS) is 16.7. The van der Waals surface area contributed by atoms with Crippen LogP contribution in [0.25, 0.3) is 17.2 Å². The molecule has 3 rings (SSSR count). The van der Waals surface area contributed by atoms with E-state index in [1.807, 2.05) is 19.1 Å². The van der Waals surface area contributed by atoms with Gasteiger partial charge in [0.1, 0.15) is 0 Å². The van der Waals surface area contributed by atoms with Gasteiger partial charge in [0.25, 0.3) is 0 Å². The molecule has 152 valence electrons. The summed E-state index contributed by atoms with van der Waals surface area (Å²) in [7, 11) is 0. The van der Waals surface area contributed by atoms with Crippen LogP contribution in [0.5, 0.6) is 0 Å². The molecule has 0 aliphatic heterocycles. The van der Waals surface area contributed by atoms with E-state index in [-0.39, 0.29) is 16.8 Å². The van der Waals surface area contributed by atoms with Crippen molar-refractivity contribution in [1.29, 1.82) is 0 Å². The third kappa shape index (κ3) is 4.22. The summed E-state index contributed by atoms with van der Waals surface area (Å²) in [5.41, 5.74) is 8.79. The number of carbonyl (C=O) groups is 1. The van der Waals surface area contributed by atoms with Crippen LogP contribution in [0.2, 0.25) is 0 Å². The molecule has 2 aromatic carbocycles. The lowest BCUT2D eigenvalue weighted by atomic mass is 9.67. The van der Waals surface area contributed by atoms with Crippen molar-refractivity contribution in [2.75, 3.05) is 6.61 Å². The van der Waals surface area contributed by atoms with Gasteiger partial charge in [0.15, 0.2) is 0 Å². The summed E-state index contributed by atoms with van der Waals surface area (Å²) in [6.07, 6.45) is 7.98. The molecule has 0 aromatic heterocycles. The van der Waals surface area contributed by atoms with E-state index in [2.05, 4.69) is 78.0 Å². The van der Waals surface area contributed by atoms with Gasteiger partial charge in [-0.3, -0.25) is 0 Å². The Labute approximate surface area is 175 Å². The number of carbonyl (C=O) groups excluding carboxylic acids is 1. The molecule has 0 N–H and O–H groups in total. The monoisotopic (exact) mass is 388 g/mol. The van der Waals surface area contributed by atoms with Crippen molar-refractivity contribution in [2.24, 2.45) is 0 Å². The molecule has 0 saturated heterocycles. The van der Waals surface area contributed by atoms with Crippen molar-refractivity contribution in [3.05, 3.63) is 76.4 Å². The molecule has 2 heteroatoms. The minimum absolute atomic E-state index is 0.00261. The van der Waals surface area contributed by atoms with Crippen molar-refractivity contribution >= 4 is 12.0 Å². The Bertz CT molecular complexity index is 1000. The van der Waals surface area contributed by atoms with Crippen molar-refractivity contribution in [1.82, 2.24) is 0 Å². The first kappa shape index (κ1) is 21.1. The third-order valence-corrected chi connectivity index (χ3v) is 5.92. The van der Waals surface area contributed by atoms with Gasteiger partial charge in [-0.25, -0.2) is 4.79 Å². The third-order valence-electron chi connectivity index (χ3n) is 5.92. The Kier molecular flexibility index (Phi) is 5.58. The molecule has 0 amide bonds. The lowest BCUT2D eigenvalue weighted by Gasteiger charge is -2.37. The molecule has 1 aliphatic carbocycles. The zero-order chi connectivity index (χ0) is 21.4. The Morgan fingerprint density at radius 3 is 2.10 bits per heavy atom. The van der Waals surface area contributed by atoms with Crippen LogP contribution < -0.4 is 0 Å². The van der Waals surface area contributed by atoms with E-state index in [1.165, 1.54) is 39.5 Å². The smallest absolute Gasteiger partial charge is 0.330 e. The van der Waals surface area contributed by atoms with Crippen molar-refractivity contribution in [2.45, 2.75) is 59.3 Å². The average molecular weight is 389 g/mol. The number of aryl methyl sites for hydroxylation is 2. The first-order valence-electron chi connectivity index (χ1n) is 10.4. The van der Waals surface area contributed by atoms with Gasteiger partial charge in [-0.05, 0) is 77.9 Å². The fourth-order valence-electron chi connectivity index (χ4n) is 4.05. The average Bonchev–Trinajstić information content (AvgIpc) is 2.65. The molecule has 0 unspecified atom stereocenters. The Balaban J connectivity index is 2.11. The second kappa shape index (κ2) is 7.67. The fraction of sp³-hybridized carbons (Fsp3) is 0.370. The summed E-state index contributed by atoms with van der Waals surface area (Å²) in [5, 5.41) is 0. The lowest BCUT2D eigenvalue weighted by Crippen LogP contribution is -2.29. The molecule has 0 bridgehead atoms. The number of hydrogen-bond donors (Lipinski definition) is 0. The molecule has 0 atom stereocenters. The molecule has 2 nitrogen and oxygen atoms in total. The summed E-state index contributed by atoms with van der Waals surface area (Å²) in [6.45, 7) is 15.7. The standard InChI is InChI=1S/C27H32O2/c1-8-29-25(28)12-11-20-10-9-18(2)21(16-20)22-17-24-23(15-19(22)3)26(4,5)13-14-27(24,6)7/h9-17H,8H2,1-7H3. The van der Waals surface area contributed by atoms with Gasteiger partial charge in [-0.1, -0.05) is 58.0 Å². The first-order valence-corrected chi connectivity index (χ1v) is 10.4. The predicted octanol–water partition coefficient (Wildman–Crippen LogP) is 6.67. The van der Waals surface area contributed by atoms with E-state index in [4.69, 9.17) is 4.74 Å². The highest BCUT2D eigenvalue weighted by molar-refractivity contribution is 5.87. The molecule has 0 radical (unpaired) electrons. The number of benzene rings is 2. The van der Waals surface area contributed by atoms with Gasteiger partial charge in [-0.2, -0.15) is 0 Å². The highest BCUT2D eigenvalue weighted by Crippen LogP contribution is 2.44. The second-order valence-corrected chi connectivity index (χ2v) is 9.15. The molecule has 2 aromatic rings. The van der Waals surface area contributed by atoms with E-state index < -0.39 is 0 Å².